The third-order valence-corrected chi connectivity index (χ3v) is 7.46. The number of hydrogen-bond acceptors (Lipinski definition) is 5. The average Bonchev–Trinajstić information content (AvgIpc) is 3.17. The Balaban J connectivity index is 1.49. The second kappa shape index (κ2) is 9.69. The summed E-state index contributed by atoms with van der Waals surface area (Å²) < 4.78 is 55.0. The largest absolute Gasteiger partial charge is 0.370 e. The van der Waals surface area contributed by atoms with Crippen LogP contribution in [-0.4, -0.2) is 55.3 Å². The fourth-order valence-electron chi connectivity index (χ4n) is 3.50. The molecule has 0 amide bonds. The molecule has 176 valence electrons. The van der Waals surface area contributed by atoms with Crippen LogP contribution in [0.25, 0.3) is 16.9 Å². The number of fused-ring (bicyclic) bond motifs is 1. The fourth-order valence-corrected chi connectivity index (χ4v) is 4.99. The summed E-state index contributed by atoms with van der Waals surface area (Å²) in [5.41, 5.74) is 3.03. The van der Waals surface area contributed by atoms with Crippen molar-refractivity contribution in [3.8, 4) is 11.3 Å². The molecule has 34 heavy (non-hydrogen) atoms. The van der Waals surface area contributed by atoms with Gasteiger partial charge in [-0.1, -0.05) is 29.8 Å². The molecule has 4 rings (SSSR count). The lowest BCUT2D eigenvalue weighted by molar-refractivity contribution is 0.463. The van der Waals surface area contributed by atoms with Crippen molar-refractivity contribution in [1.82, 2.24) is 18.9 Å². The van der Waals surface area contributed by atoms with Gasteiger partial charge in [-0.2, -0.15) is 9.61 Å². The Morgan fingerprint density at radius 2 is 1.85 bits per heavy atom. The van der Waals surface area contributed by atoms with Gasteiger partial charge in [-0.3, -0.25) is 0 Å². The highest BCUT2D eigenvalue weighted by molar-refractivity contribution is 7.89. The van der Waals surface area contributed by atoms with E-state index in [0.717, 1.165) is 27.5 Å². The van der Waals surface area contributed by atoms with Crippen molar-refractivity contribution < 1.29 is 17.2 Å². The second-order valence-corrected chi connectivity index (χ2v) is 10.2. The van der Waals surface area contributed by atoms with Gasteiger partial charge in [0.15, 0.2) is 5.65 Å². The molecule has 2 aromatic carbocycles. The first-order valence-electron chi connectivity index (χ1n) is 10.4. The molecule has 0 bridgehead atoms. The molecule has 7 nitrogen and oxygen atoms in total. The molecule has 2 aromatic heterocycles. The van der Waals surface area contributed by atoms with Crippen LogP contribution in [0.15, 0.2) is 59.6 Å². The van der Waals surface area contributed by atoms with Crippen LogP contribution in [0.1, 0.15) is 6.42 Å². The molecular formula is C22H21BClF2N5O2S. The summed E-state index contributed by atoms with van der Waals surface area (Å²) in [5.74, 6) is -1.22. The summed E-state index contributed by atoms with van der Waals surface area (Å²) in [6, 6.07) is 11.5. The maximum absolute atomic E-state index is 13.5. The highest BCUT2D eigenvalue weighted by Crippen LogP contribution is 2.28. The Morgan fingerprint density at radius 1 is 1.15 bits per heavy atom. The minimum atomic E-state index is -4.02. The van der Waals surface area contributed by atoms with E-state index in [9.17, 15) is 17.2 Å². The zero-order valence-corrected chi connectivity index (χ0v) is 20.0. The molecule has 2 heterocycles. The third kappa shape index (κ3) is 4.91. The van der Waals surface area contributed by atoms with Gasteiger partial charge < -0.3 is 5.32 Å². The van der Waals surface area contributed by atoms with Gasteiger partial charge in [0.25, 0.3) is 0 Å². The number of nitrogens with one attached hydrogen (secondary N) is 1. The van der Waals surface area contributed by atoms with Crippen LogP contribution >= 0.6 is 11.6 Å². The molecule has 0 saturated carbocycles. The van der Waals surface area contributed by atoms with Gasteiger partial charge in [-0.25, -0.2) is 26.5 Å². The van der Waals surface area contributed by atoms with Gasteiger partial charge in [-0.05, 0) is 30.1 Å². The van der Waals surface area contributed by atoms with Gasteiger partial charge in [0.05, 0.1) is 10.6 Å². The molecule has 0 unspecified atom stereocenters. The minimum Gasteiger partial charge on any atom is -0.370 e. The van der Waals surface area contributed by atoms with Crippen LogP contribution in [0.2, 0.25) is 5.02 Å². The fraction of sp³-hybridized carbons (Fsp3) is 0.182. The van der Waals surface area contributed by atoms with E-state index in [4.69, 9.17) is 16.6 Å². The number of aromatic nitrogens is 3. The molecule has 0 fully saturated rings. The van der Waals surface area contributed by atoms with Gasteiger partial charge >= 0.3 is 0 Å². The summed E-state index contributed by atoms with van der Waals surface area (Å²) >= 11 is 6.36. The van der Waals surface area contributed by atoms with Crippen LogP contribution in [0, 0.1) is 11.6 Å². The summed E-state index contributed by atoms with van der Waals surface area (Å²) in [6.07, 6.45) is 2.14. The topological polar surface area (TPSA) is 79.6 Å². The minimum absolute atomic E-state index is 0.136. The summed E-state index contributed by atoms with van der Waals surface area (Å²) in [7, 11) is -0.747. The average molecular weight is 504 g/mol. The van der Waals surface area contributed by atoms with Crippen LogP contribution < -0.4 is 10.8 Å². The quantitative estimate of drug-likeness (QED) is 0.295. The molecule has 0 spiro atoms. The van der Waals surface area contributed by atoms with E-state index in [-0.39, 0.29) is 6.54 Å². The molecular weight excluding hydrogens is 483 g/mol. The zero-order chi connectivity index (χ0) is 24.5. The van der Waals surface area contributed by atoms with Crippen molar-refractivity contribution in [1.29, 1.82) is 0 Å². The maximum atomic E-state index is 13.5. The van der Waals surface area contributed by atoms with Crippen LogP contribution in [0.3, 0.4) is 0 Å². The number of anilines is 1. The molecule has 0 radical (unpaired) electrons. The molecule has 0 atom stereocenters. The number of nitrogens with zero attached hydrogens (tertiary/aromatic N) is 4. The number of rotatable bonds is 8. The van der Waals surface area contributed by atoms with E-state index in [2.05, 4.69) is 10.4 Å². The number of benzene rings is 2. The standard InChI is InChI=1S/C22H21BClF2N5O2S/c1-30(34(32,33)16-10-14(25)9-15(26)11-16)8-4-7-27-21-12-20(17-5-2-3-6-19(17)24)29-22-18(23)13-28-31(21)22/h2-3,5-6,9-13,27H,4,7-8,23H2,1H3. The van der Waals surface area contributed by atoms with Crippen molar-refractivity contribution in [2.24, 2.45) is 0 Å². The maximum Gasteiger partial charge on any atom is 0.243 e. The van der Waals surface area contributed by atoms with Crippen molar-refractivity contribution >= 4 is 46.4 Å². The van der Waals surface area contributed by atoms with Gasteiger partial charge in [-0.15, -0.1) is 0 Å². The van der Waals surface area contributed by atoms with Crippen molar-refractivity contribution in [3.63, 3.8) is 0 Å². The Labute approximate surface area is 201 Å². The number of halogens is 3. The first-order chi connectivity index (χ1) is 16.2. The van der Waals surface area contributed by atoms with E-state index < -0.39 is 26.6 Å². The second-order valence-electron chi connectivity index (χ2n) is 7.78. The van der Waals surface area contributed by atoms with Crippen molar-refractivity contribution in [2.45, 2.75) is 11.3 Å². The SMILES string of the molecule is Bc1cnn2c(NCCCN(C)S(=O)(=O)c3cc(F)cc(F)c3)cc(-c3ccccc3Cl)nc12. The van der Waals surface area contributed by atoms with Gasteiger partial charge in [0, 0.05) is 49.1 Å². The van der Waals surface area contributed by atoms with E-state index in [1.807, 2.05) is 32.1 Å². The number of sulfonamides is 1. The molecule has 0 aliphatic carbocycles. The Bertz CT molecular complexity index is 1440. The first kappa shape index (κ1) is 24.1. The predicted octanol–water partition coefficient (Wildman–Crippen LogP) is 2.71. The highest BCUT2D eigenvalue weighted by atomic mass is 35.5. The summed E-state index contributed by atoms with van der Waals surface area (Å²) in [4.78, 5) is 4.27. The third-order valence-electron chi connectivity index (χ3n) is 5.30. The monoisotopic (exact) mass is 503 g/mol. The number of hydrogen-bond donors (Lipinski definition) is 1. The molecule has 0 saturated heterocycles. The Kier molecular flexibility index (Phi) is 6.87. The first-order valence-corrected chi connectivity index (χ1v) is 12.3. The van der Waals surface area contributed by atoms with Crippen molar-refractivity contribution in [3.05, 3.63) is 71.4 Å². The van der Waals surface area contributed by atoms with Gasteiger partial charge in [0.2, 0.25) is 10.0 Å². The smallest absolute Gasteiger partial charge is 0.243 e. The lowest BCUT2D eigenvalue weighted by Gasteiger charge is -2.18. The lowest BCUT2D eigenvalue weighted by Crippen LogP contribution is -2.29. The van der Waals surface area contributed by atoms with E-state index >= 15 is 0 Å². The molecule has 0 aliphatic rings. The Morgan fingerprint density at radius 3 is 2.56 bits per heavy atom. The lowest BCUT2D eigenvalue weighted by atomic mass is 10.0. The van der Waals surface area contributed by atoms with Crippen LogP contribution in [0.4, 0.5) is 14.6 Å². The summed E-state index contributed by atoms with van der Waals surface area (Å²) in [6.45, 7) is 0.550. The van der Waals surface area contributed by atoms with E-state index in [1.165, 1.54) is 7.05 Å². The van der Waals surface area contributed by atoms with Crippen LogP contribution in [-0.2, 0) is 10.0 Å². The molecule has 1 N–H and O–H groups in total. The zero-order valence-electron chi connectivity index (χ0n) is 18.5. The molecule has 4 aromatic rings. The Hall–Kier alpha value is -3.02. The van der Waals surface area contributed by atoms with E-state index in [0.29, 0.717) is 41.2 Å². The van der Waals surface area contributed by atoms with Crippen LogP contribution in [0.5, 0.6) is 0 Å². The molecule has 0 aliphatic heterocycles. The highest BCUT2D eigenvalue weighted by Gasteiger charge is 2.22. The predicted molar refractivity (Wildman–Crippen MR) is 131 cm³/mol. The van der Waals surface area contributed by atoms with Gasteiger partial charge in [0.1, 0.15) is 25.3 Å². The van der Waals surface area contributed by atoms with E-state index in [1.54, 1.807) is 16.8 Å². The van der Waals surface area contributed by atoms with Crippen molar-refractivity contribution in [2.75, 3.05) is 25.5 Å². The normalized spacial score (nSPS) is 11.9. The summed E-state index contributed by atoms with van der Waals surface area (Å²) in [5, 5.41) is 8.21. The molecule has 12 heteroatoms.